The molecule has 2 aromatic carbocycles. The Morgan fingerprint density at radius 1 is 1.06 bits per heavy atom. The van der Waals surface area contributed by atoms with Crippen LogP contribution in [0.15, 0.2) is 30.3 Å². The molecule has 0 bridgehead atoms. The lowest BCUT2D eigenvalue weighted by molar-refractivity contribution is 0.112. The first-order chi connectivity index (χ1) is 7.78. The molecule has 0 aliphatic heterocycles. The van der Waals surface area contributed by atoms with Gasteiger partial charge in [0.05, 0.1) is 14.2 Å². The van der Waals surface area contributed by atoms with Crippen molar-refractivity contribution in [2.24, 2.45) is 0 Å². The third kappa shape index (κ3) is 1.72. The normalized spacial score (nSPS) is 10.1. The van der Waals surface area contributed by atoms with Gasteiger partial charge in [0.25, 0.3) is 0 Å². The summed E-state index contributed by atoms with van der Waals surface area (Å²) in [6.45, 7) is 0. The van der Waals surface area contributed by atoms with E-state index in [1.165, 1.54) is 0 Å². The van der Waals surface area contributed by atoms with Crippen LogP contribution in [0.2, 0.25) is 0 Å². The zero-order valence-corrected chi connectivity index (χ0v) is 9.19. The van der Waals surface area contributed by atoms with Crippen LogP contribution >= 0.6 is 0 Å². The molecule has 2 rings (SSSR count). The van der Waals surface area contributed by atoms with Crippen molar-refractivity contribution in [3.05, 3.63) is 35.9 Å². The third-order valence-electron chi connectivity index (χ3n) is 2.50. The van der Waals surface area contributed by atoms with Crippen LogP contribution in [0, 0.1) is 0 Å². The molecule has 0 N–H and O–H groups in total. The molecule has 3 nitrogen and oxygen atoms in total. The summed E-state index contributed by atoms with van der Waals surface area (Å²) >= 11 is 0. The number of fused-ring (bicyclic) bond motifs is 1. The van der Waals surface area contributed by atoms with Gasteiger partial charge in [0.1, 0.15) is 17.8 Å². The number of hydrogen-bond donors (Lipinski definition) is 0. The highest BCUT2D eigenvalue weighted by Crippen LogP contribution is 2.29. The number of methoxy groups -OCH3 is 2. The third-order valence-corrected chi connectivity index (χ3v) is 2.50. The lowest BCUT2D eigenvalue weighted by atomic mass is 10.1. The molecule has 0 atom stereocenters. The molecule has 0 aromatic heterocycles. The molecule has 0 spiro atoms. The highest BCUT2D eigenvalue weighted by Gasteiger charge is 2.05. The molecule has 16 heavy (non-hydrogen) atoms. The van der Waals surface area contributed by atoms with Gasteiger partial charge in [-0.25, -0.2) is 0 Å². The molecular formula is C13H12O3. The lowest BCUT2D eigenvalue weighted by Crippen LogP contribution is -1.89. The van der Waals surface area contributed by atoms with E-state index in [2.05, 4.69) is 0 Å². The Labute approximate surface area is 93.6 Å². The van der Waals surface area contributed by atoms with Crippen molar-refractivity contribution in [3.63, 3.8) is 0 Å². The largest absolute Gasteiger partial charge is 0.497 e. The fourth-order valence-corrected chi connectivity index (χ4v) is 1.70. The molecule has 2 aromatic rings. The molecule has 0 radical (unpaired) electrons. The van der Waals surface area contributed by atoms with Crippen LogP contribution in [0.3, 0.4) is 0 Å². The summed E-state index contributed by atoms with van der Waals surface area (Å²) in [4.78, 5) is 10.8. The minimum atomic E-state index is 0.595. The van der Waals surface area contributed by atoms with Gasteiger partial charge in [-0.3, -0.25) is 4.79 Å². The number of ether oxygens (including phenoxy) is 2. The van der Waals surface area contributed by atoms with Crippen LogP contribution in [-0.4, -0.2) is 20.5 Å². The van der Waals surface area contributed by atoms with Crippen molar-refractivity contribution in [3.8, 4) is 11.5 Å². The molecule has 0 unspecified atom stereocenters. The summed E-state index contributed by atoms with van der Waals surface area (Å²) in [6.07, 6.45) is 0.807. The summed E-state index contributed by atoms with van der Waals surface area (Å²) in [6, 6.07) is 9.20. The molecule has 0 aliphatic carbocycles. The SMILES string of the molecule is COc1ccc2c(OC)cc(C=O)cc2c1. The first-order valence-electron chi connectivity index (χ1n) is 4.89. The van der Waals surface area contributed by atoms with Crippen LogP contribution in [0.4, 0.5) is 0 Å². The van der Waals surface area contributed by atoms with E-state index in [-0.39, 0.29) is 0 Å². The number of rotatable bonds is 3. The van der Waals surface area contributed by atoms with E-state index in [0.717, 1.165) is 22.8 Å². The smallest absolute Gasteiger partial charge is 0.150 e. The fourth-order valence-electron chi connectivity index (χ4n) is 1.70. The summed E-state index contributed by atoms with van der Waals surface area (Å²) in [5.41, 5.74) is 0.595. The maximum atomic E-state index is 10.8. The van der Waals surface area contributed by atoms with E-state index in [0.29, 0.717) is 11.3 Å². The Kier molecular flexibility index (Phi) is 2.77. The van der Waals surface area contributed by atoms with Crippen molar-refractivity contribution in [2.45, 2.75) is 0 Å². The van der Waals surface area contributed by atoms with Gasteiger partial charge >= 0.3 is 0 Å². The van der Waals surface area contributed by atoms with Crippen molar-refractivity contribution in [1.29, 1.82) is 0 Å². The highest BCUT2D eigenvalue weighted by molar-refractivity contribution is 5.94. The minimum Gasteiger partial charge on any atom is -0.497 e. The van der Waals surface area contributed by atoms with Gasteiger partial charge in [0, 0.05) is 10.9 Å². The number of carbonyl (C=O) groups excluding carboxylic acids is 1. The van der Waals surface area contributed by atoms with Crippen molar-refractivity contribution in [2.75, 3.05) is 14.2 Å². The van der Waals surface area contributed by atoms with E-state index in [1.54, 1.807) is 20.3 Å². The number of hydrogen-bond acceptors (Lipinski definition) is 3. The Morgan fingerprint density at radius 3 is 2.50 bits per heavy atom. The van der Waals surface area contributed by atoms with Crippen molar-refractivity contribution >= 4 is 17.1 Å². The Morgan fingerprint density at radius 2 is 1.88 bits per heavy atom. The average Bonchev–Trinajstić information content (AvgIpc) is 2.36. The molecule has 82 valence electrons. The Balaban J connectivity index is 2.73. The van der Waals surface area contributed by atoms with Gasteiger partial charge < -0.3 is 9.47 Å². The summed E-state index contributed by atoms with van der Waals surface area (Å²) in [5.74, 6) is 1.46. The monoisotopic (exact) mass is 216 g/mol. The Hall–Kier alpha value is -2.03. The van der Waals surface area contributed by atoms with E-state index < -0.39 is 0 Å². The van der Waals surface area contributed by atoms with Gasteiger partial charge in [0.15, 0.2) is 0 Å². The lowest BCUT2D eigenvalue weighted by Gasteiger charge is -2.08. The Bertz CT molecular complexity index is 532. The van der Waals surface area contributed by atoms with Gasteiger partial charge in [-0.15, -0.1) is 0 Å². The summed E-state index contributed by atoms with van der Waals surface area (Å²) < 4.78 is 10.4. The van der Waals surface area contributed by atoms with Gasteiger partial charge in [0.2, 0.25) is 0 Å². The second-order valence-corrected chi connectivity index (χ2v) is 3.43. The van der Waals surface area contributed by atoms with Crippen LogP contribution in [0.25, 0.3) is 10.8 Å². The van der Waals surface area contributed by atoms with Crippen molar-refractivity contribution in [1.82, 2.24) is 0 Å². The zero-order chi connectivity index (χ0) is 11.5. The molecule has 0 fully saturated rings. The molecule has 0 heterocycles. The number of benzene rings is 2. The molecular weight excluding hydrogens is 204 g/mol. The average molecular weight is 216 g/mol. The van der Waals surface area contributed by atoms with E-state index in [9.17, 15) is 4.79 Å². The maximum Gasteiger partial charge on any atom is 0.150 e. The first-order valence-corrected chi connectivity index (χ1v) is 4.89. The zero-order valence-electron chi connectivity index (χ0n) is 9.19. The highest BCUT2D eigenvalue weighted by atomic mass is 16.5. The first kappa shape index (κ1) is 10.5. The molecule has 0 saturated heterocycles. The molecule has 0 saturated carbocycles. The van der Waals surface area contributed by atoms with E-state index in [4.69, 9.17) is 9.47 Å². The maximum absolute atomic E-state index is 10.8. The second kappa shape index (κ2) is 4.23. The van der Waals surface area contributed by atoms with Crippen LogP contribution in [0.5, 0.6) is 11.5 Å². The standard InChI is InChI=1S/C13H12O3/c1-15-11-3-4-12-10(7-11)5-9(8-14)6-13(12)16-2/h3-8H,1-2H3. The topological polar surface area (TPSA) is 35.5 Å². The van der Waals surface area contributed by atoms with E-state index >= 15 is 0 Å². The van der Waals surface area contributed by atoms with Gasteiger partial charge in [-0.05, 0) is 35.7 Å². The second-order valence-electron chi connectivity index (χ2n) is 3.43. The molecule has 3 heteroatoms. The predicted molar refractivity (Wildman–Crippen MR) is 62.4 cm³/mol. The number of carbonyl (C=O) groups is 1. The summed E-state index contributed by atoms with van der Waals surface area (Å²) in [5, 5.41) is 1.90. The predicted octanol–water partition coefficient (Wildman–Crippen LogP) is 2.67. The van der Waals surface area contributed by atoms with Gasteiger partial charge in [-0.1, -0.05) is 0 Å². The minimum absolute atomic E-state index is 0.595. The van der Waals surface area contributed by atoms with Gasteiger partial charge in [-0.2, -0.15) is 0 Å². The number of aldehydes is 1. The van der Waals surface area contributed by atoms with Crippen LogP contribution in [-0.2, 0) is 0 Å². The molecule has 0 amide bonds. The van der Waals surface area contributed by atoms with E-state index in [1.807, 2.05) is 24.3 Å². The quantitative estimate of drug-likeness (QED) is 0.740. The van der Waals surface area contributed by atoms with Crippen LogP contribution < -0.4 is 9.47 Å². The summed E-state index contributed by atoms with van der Waals surface area (Å²) in [7, 11) is 3.20. The fraction of sp³-hybridized carbons (Fsp3) is 0.154. The molecule has 0 aliphatic rings. The van der Waals surface area contributed by atoms with Crippen molar-refractivity contribution < 1.29 is 14.3 Å². The van der Waals surface area contributed by atoms with Crippen LogP contribution in [0.1, 0.15) is 10.4 Å².